The van der Waals surface area contributed by atoms with Crippen LogP contribution in [0.2, 0.25) is 0 Å². The molecule has 1 fully saturated rings. The Kier molecular flexibility index (Phi) is 4.93. The monoisotopic (exact) mass is 266 g/mol. The van der Waals surface area contributed by atoms with Crippen LogP contribution in [0, 0.1) is 0 Å². The SMILES string of the molecule is COCc1nc(N)cc(N(CCO)C2CCCC2)n1. The van der Waals surface area contributed by atoms with Gasteiger partial charge >= 0.3 is 0 Å². The second kappa shape index (κ2) is 6.68. The molecule has 0 aromatic carbocycles. The number of aromatic nitrogens is 2. The van der Waals surface area contributed by atoms with Crippen LogP contribution in [0.5, 0.6) is 0 Å². The zero-order valence-corrected chi connectivity index (χ0v) is 11.4. The van der Waals surface area contributed by atoms with Crippen molar-refractivity contribution in [3.8, 4) is 0 Å². The fraction of sp³-hybridized carbons (Fsp3) is 0.692. The minimum Gasteiger partial charge on any atom is -0.395 e. The predicted molar refractivity (Wildman–Crippen MR) is 73.8 cm³/mol. The fourth-order valence-electron chi connectivity index (χ4n) is 2.65. The Hall–Kier alpha value is -1.40. The average Bonchev–Trinajstić information content (AvgIpc) is 2.89. The van der Waals surface area contributed by atoms with Crippen molar-refractivity contribution < 1.29 is 9.84 Å². The van der Waals surface area contributed by atoms with E-state index in [2.05, 4.69) is 14.9 Å². The molecule has 0 bridgehead atoms. The Morgan fingerprint density at radius 2 is 2.16 bits per heavy atom. The normalized spacial score (nSPS) is 15.9. The summed E-state index contributed by atoms with van der Waals surface area (Å²) in [5, 5.41) is 9.26. The van der Waals surface area contributed by atoms with Crippen LogP contribution in [0.4, 0.5) is 11.6 Å². The lowest BCUT2D eigenvalue weighted by atomic mass is 10.2. The van der Waals surface area contributed by atoms with Crippen LogP contribution in [0.15, 0.2) is 6.07 Å². The molecule has 0 atom stereocenters. The molecule has 2 rings (SSSR count). The van der Waals surface area contributed by atoms with Crippen LogP contribution < -0.4 is 10.6 Å². The van der Waals surface area contributed by atoms with Gasteiger partial charge in [0.1, 0.15) is 18.2 Å². The van der Waals surface area contributed by atoms with Gasteiger partial charge in [-0.15, -0.1) is 0 Å². The third-order valence-electron chi connectivity index (χ3n) is 3.45. The number of nitrogens with zero attached hydrogens (tertiary/aromatic N) is 3. The Morgan fingerprint density at radius 1 is 1.42 bits per heavy atom. The standard InChI is InChI=1S/C13H22N4O2/c1-19-9-12-15-11(14)8-13(16-12)17(6-7-18)10-4-2-3-5-10/h8,10,18H,2-7,9H2,1H3,(H2,14,15,16). The van der Waals surface area contributed by atoms with Crippen LogP contribution >= 0.6 is 0 Å². The van der Waals surface area contributed by atoms with E-state index in [1.165, 1.54) is 12.8 Å². The van der Waals surface area contributed by atoms with E-state index in [4.69, 9.17) is 10.5 Å². The van der Waals surface area contributed by atoms with E-state index in [1.807, 2.05) is 0 Å². The fourth-order valence-corrected chi connectivity index (χ4v) is 2.65. The number of nitrogen functional groups attached to an aromatic ring is 1. The predicted octanol–water partition coefficient (Wildman–Crippen LogP) is 0.946. The van der Waals surface area contributed by atoms with Gasteiger partial charge in [0, 0.05) is 25.8 Å². The summed E-state index contributed by atoms with van der Waals surface area (Å²) < 4.78 is 5.05. The lowest BCUT2D eigenvalue weighted by Crippen LogP contribution is -2.36. The van der Waals surface area contributed by atoms with Crippen LogP contribution in [0.25, 0.3) is 0 Å². The van der Waals surface area contributed by atoms with Crippen molar-refractivity contribution in [1.29, 1.82) is 0 Å². The lowest BCUT2D eigenvalue weighted by Gasteiger charge is -2.29. The molecule has 0 aliphatic heterocycles. The Bertz CT molecular complexity index is 408. The summed E-state index contributed by atoms with van der Waals surface area (Å²) in [6.07, 6.45) is 4.75. The Morgan fingerprint density at radius 3 is 2.79 bits per heavy atom. The van der Waals surface area contributed by atoms with E-state index in [1.54, 1.807) is 13.2 Å². The van der Waals surface area contributed by atoms with E-state index in [0.717, 1.165) is 18.7 Å². The molecule has 0 spiro atoms. The Labute approximate surface area is 113 Å². The van der Waals surface area contributed by atoms with Crippen LogP contribution in [-0.4, -0.2) is 41.4 Å². The maximum Gasteiger partial charge on any atom is 0.158 e. The minimum absolute atomic E-state index is 0.111. The first-order valence-corrected chi connectivity index (χ1v) is 6.74. The maximum absolute atomic E-state index is 9.26. The number of aliphatic hydroxyl groups excluding tert-OH is 1. The third kappa shape index (κ3) is 3.54. The van der Waals surface area contributed by atoms with Gasteiger partial charge in [0.25, 0.3) is 0 Å². The number of aliphatic hydroxyl groups is 1. The van der Waals surface area contributed by atoms with Crippen LogP contribution in [-0.2, 0) is 11.3 Å². The van der Waals surface area contributed by atoms with Crippen molar-refractivity contribution in [2.75, 3.05) is 30.9 Å². The number of nitrogens with two attached hydrogens (primary N) is 1. The molecule has 0 radical (unpaired) electrons. The largest absolute Gasteiger partial charge is 0.395 e. The topological polar surface area (TPSA) is 84.5 Å². The molecule has 1 aromatic rings. The molecule has 3 N–H and O–H groups in total. The molecule has 1 aliphatic carbocycles. The lowest BCUT2D eigenvalue weighted by molar-refractivity contribution is 0.178. The highest BCUT2D eigenvalue weighted by molar-refractivity contribution is 5.48. The molecule has 6 nitrogen and oxygen atoms in total. The zero-order chi connectivity index (χ0) is 13.7. The third-order valence-corrected chi connectivity index (χ3v) is 3.45. The second-order valence-electron chi connectivity index (χ2n) is 4.86. The first-order valence-electron chi connectivity index (χ1n) is 6.74. The van der Waals surface area contributed by atoms with E-state index >= 15 is 0 Å². The van der Waals surface area contributed by atoms with E-state index in [9.17, 15) is 5.11 Å². The van der Waals surface area contributed by atoms with Gasteiger partial charge in [-0.1, -0.05) is 12.8 Å². The van der Waals surface area contributed by atoms with Gasteiger partial charge in [0.2, 0.25) is 0 Å². The van der Waals surface area contributed by atoms with E-state index < -0.39 is 0 Å². The summed E-state index contributed by atoms with van der Waals surface area (Å²) in [7, 11) is 1.61. The quantitative estimate of drug-likeness (QED) is 0.797. The van der Waals surface area contributed by atoms with E-state index in [0.29, 0.717) is 30.8 Å². The number of hydrogen-bond donors (Lipinski definition) is 2. The molecule has 106 valence electrons. The van der Waals surface area contributed by atoms with Crippen molar-refractivity contribution in [2.24, 2.45) is 0 Å². The van der Waals surface area contributed by atoms with Gasteiger partial charge in [-0.3, -0.25) is 0 Å². The smallest absolute Gasteiger partial charge is 0.158 e. The highest BCUT2D eigenvalue weighted by Crippen LogP contribution is 2.27. The molecule has 19 heavy (non-hydrogen) atoms. The number of hydrogen-bond acceptors (Lipinski definition) is 6. The van der Waals surface area contributed by atoms with Crippen LogP contribution in [0.3, 0.4) is 0 Å². The highest BCUT2D eigenvalue weighted by atomic mass is 16.5. The Balaban J connectivity index is 2.24. The summed E-state index contributed by atoms with van der Waals surface area (Å²) >= 11 is 0. The number of anilines is 2. The number of rotatable bonds is 6. The van der Waals surface area contributed by atoms with Crippen molar-refractivity contribution in [2.45, 2.75) is 38.3 Å². The molecule has 1 saturated carbocycles. The first-order chi connectivity index (χ1) is 9.24. The molecule has 1 heterocycles. The molecule has 6 heteroatoms. The maximum atomic E-state index is 9.26. The van der Waals surface area contributed by atoms with Crippen molar-refractivity contribution >= 4 is 11.6 Å². The average molecular weight is 266 g/mol. The van der Waals surface area contributed by atoms with Gasteiger partial charge in [0.05, 0.1) is 6.61 Å². The number of methoxy groups -OCH3 is 1. The summed E-state index contributed by atoms with van der Waals surface area (Å²) in [4.78, 5) is 10.8. The van der Waals surface area contributed by atoms with Gasteiger partial charge in [-0.05, 0) is 12.8 Å². The number of ether oxygens (including phenoxy) is 1. The minimum atomic E-state index is 0.111. The van der Waals surface area contributed by atoms with Gasteiger partial charge < -0.3 is 20.5 Å². The van der Waals surface area contributed by atoms with Gasteiger partial charge in [0.15, 0.2) is 5.82 Å². The molecular formula is C13H22N4O2. The summed E-state index contributed by atoms with van der Waals surface area (Å²) in [5.74, 6) is 1.82. The molecular weight excluding hydrogens is 244 g/mol. The second-order valence-corrected chi connectivity index (χ2v) is 4.86. The molecule has 1 aliphatic rings. The molecule has 0 amide bonds. The zero-order valence-electron chi connectivity index (χ0n) is 11.4. The van der Waals surface area contributed by atoms with Crippen molar-refractivity contribution in [1.82, 2.24) is 9.97 Å². The van der Waals surface area contributed by atoms with Gasteiger partial charge in [-0.2, -0.15) is 0 Å². The molecule has 0 unspecified atom stereocenters. The van der Waals surface area contributed by atoms with E-state index in [-0.39, 0.29) is 6.61 Å². The highest BCUT2D eigenvalue weighted by Gasteiger charge is 2.24. The molecule has 0 saturated heterocycles. The summed E-state index contributed by atoms with van der Waals surface area (Å²) in [6, 6.07) is 2.21. The van der Waals surface area contributed by atoms with Crippen molar-refractivity contribution in [3.63, 3.8) is 0 Å². The summed E-state index contributed by atoms with van der Waals surface area (Å²) in [6.45, 7) is 1.03. The molecule has 1 aromatic heterocycles. The summed E-state index contributed by atoms with van der Waals surface area (Å²) in [5.41, 5.74) is 5.83. The first kappa shape index (κ1) is 14.0. The van der Waals surface area contributed by atoms with Crippen molar-refractivity contribution in [3.05, 3.63) is 11.9 Å². The van der Waals surface area contributed by atoms with Gasteiger partial charge in [-0.25, -0.2) is 9.97 Å². The van der Waals surface area contributed by atoms with Crippen LogP contribution in [0.1, 0.15) is 31.5 Å².